The van der Waals surface area contributed by atoms with Crippen LogP contribution in [-0.2, 0) is 26.5 Å². The van der Waals surface area contributed by atoms with Gasteiger partial charge in [0.05, 0.1) is 24.9 Å². The lowest BCUT2D eigenvalue weighted by Crippen LogP contribution is -2.48. The zero-order valence-corrected chi connectivity index (χ0v) is 22.0. The molecule has 0 aliphatic carbocycles. The smallest absolute Gasteiger partial charge is 0.264 e. The number of carbonyl (C=O) groups is 2. The second-order valence-corrected chi connectivity index (χ2v) is 14.4. The average Bonchev–Trinajstić information content (AvgIpc) is 3.27. The Morgan fingerprint density at radius 3 is 2.69 bits per heavy atom. The number of amides is 2. The van der Waals surface area contributed by atoms with Gasteiger partial charge in [-0.15, -0.1) is 0 Å². The minimum atomic E-state index is -3.21. The van der Waals surface area contributed by atoms with Gasteiger partial charge in [-0.1, -0.05) is 37.3 Å². The predicted molar refractivity (Wildman–Crippen MR) is 139 cm³/mol. The van der Waals surface area contributed by atoms with Gasteiger partial charge in [0, 0.05) is 42.4 Å². The standard InChI is InChI=1S/C27H34FN3O4Si/c1-18-25(36(2,3)28)23(11-14-32)35-27(18)21-9-4-5-10-22(21)31(26(27)34)17-19-7-6-8-20(15-19)30-13-12-29-16-24(30)33/h4-10,15,18,23,25,29,32H,11-14,16-17H2,1-3H3/t18-,23+,25-,27+/m1/s1. The van der Waals surface area contributed by atoms with Crippen molar-refractivity contribution in [2.24, 2.45) is 5.92 Å². The van der Waals surface area contributed by atoms with Crippen LogP contribution in [0.3, 0.4) is 0 Å². The summed E-state index contributed by atoms with van der Waals surface area (Å²) in [7, 11) is -3.21. The number of benzene rings is 2. The first-order valence-corrected chi connectivity index (χ1v) is 15.6. The van der Waals surface area contributed by atoms with E-state index in [1.54, 1.807) is 22.9 Å². The Bertz CT molecular complexity index is 1170. The second kappa shape index (κ2) is 9.37. The van der Waals surface area contributed by atoms with Crippen molar-refractivity contribution in [3.05, 3.63) is 59.7 Å². The summed E-state index contributed by atoms with van der Waals surface area (Å²) in [5.41, 5.74) is 1.55. The van der Waals surface area contributed by atoms with Crippen molar-refractivity contribution in [2.75, 3.05) is 36.0 Å². The van der Waals surface area contributed by atoms with Crippen LogP contribution >= 0.6 is 0 Å². The van der Waals surface area contributed by atoms with E-state index in [1.165, 1.54) is 0 Å². The molecule has 2 saturated heterocycles. The number of aliphatic hydroxyl groups is 1. The normalized spacial score (nSPS) is 28.3. The predicted octanol–water partition coefficient (Wildman–Crippen LogP) is 3.33. The highest BCUT2D eigenvalue weighted by Crippen LogP contribution is 2.60. The molecule has 2 aromatic rings. The molecule has 9 heteroatoms. The lowest BCUT2D eigenvalue weighted by atomic mass is 9.82. The van der Waals surface area contributed by atoms with Crippen molar-refractivity contribution >= 4 is 31.6 Å². The summed E-state index contributed by atoms with van der Waals surface area (Å²) in [6.07, 6.45) is -0.219. The van der Waals surface area contributed by atoms with Crippen LogP contribution in [0.2, 0.25) is 18.6 Å². The van der Waals surface area contributed by atoms with Crippen molar-refractivity contribution in [2.45, 2.75) is 50.2 Å². The molecule has 2 fully saturated rings. The number of halogens is 1. The van der Waals surface area contributed by atoms with E-state index in [0.717, 1.165) is 29.0 Å². The summed E-state index contributed by atoms with van der Waals surface area (Å²) < 4.78 is 22.1. The third kappa shape index (κ3) is 3.98. The Hall–Kier alpha value is -2.59. The molecule has 0 unspecified atom stereocenters. The SMILES string of the molecule is C[C@@H]1[C@@H]([Si](C)(C)F)[C@H](CCO)O[C@@]12C(=O)N(Cc1cccc(N3CCNCC3=O)c1)c1ccccc12. The van der Waals surface area contributed by atoms with Gasteiger partial charge in [0.1, 0.15) is 0 Å². The van der Waals surface area contributed by atoms with Gasteiger partial charge in [-0.05, 0) is 43.3 Å². The van der Waals surface area contributed by atoms with Gasteiger partial charge in [0.2, 0.25) is 14.3 Å². The van der Waals surface area contributed by atoms with E-state index in [9.17, 15) is 14.7 Å². The molecule has 1 spiro atoms. The van der Waals surface area contributed by atoms with Crippen molar-refractivity contribution in [1.82, 2.24) is 5.32 Å². The number of fused-ring (bicyclic) bond motifs is 2. The average molecular weight is 512 g/mol. The molecule has 2 aromatic carbocycles. The maximum absolute atomic E-state index is 15.6. The number of piperazine rings is 1. The van der Waals surface area contributed by atoms with E-state index < -0.39 is 25.7 Å². The first kappa shape index (κ1) is 25.1. The molecule has 5 rings (SSSR count). The molecule has 3 heterocycles. The maximum atomic E-state index is 15.6. The summed E-state index contributed by atoms with van der Waals surface area (Å²) >= 11 is 0. The fraction of sp³-hybridized carbons (Fsp3) is 0.481. The molecule has 4 atom stereocenters. The van der Waals surface area contributed by atoms with Crippen molar-refractivity contribution in [3.8, 4) is 0 Å². The number of anilines is 2. The third-order valence-electron chi connectivity index (χ3n) is 7.93. The molecule has 0 saturated carbocycles. The summed E-state index contributed by atoms with van der Waals surface area (Å²) in [5, 5.41) is 12.8. The van der Waals surface area contributed by atoms with Gasteiger partial charge in [-0.3, -0.25) is 9.59 Å². The van der Waals surface area contributed by atoms with Crippen LogP contribution < -0.4 is 15.1 Å². The molecule has 7 nitrogen and oxygen atoms in total. The maximum Gasteiger partial charge on any atom is 0.264 e. The number of nitrogens with zero attached hydrogens (tertiary/aromatic N) is 2. The van der Waals surface area contributed by atoms with Crippen LogP contribution in [0.5, 0.6) is 0 Å². The van der Waals surface area contributed by atoms with E-state index in [1.807, 2.05) is 55.5 Å². The van der Waals surface area contributed by atoms with Gasteiger partial charge in [0.25, 0.3) is 5.91 Å². The molecule has 36 heavy (non-hydrogen) atoms. The number of hydrogen-bond acceptors (Lipinski definition) is 5. The first-order chi connectivity index (χ1) is 17.2. The van der Waals surface area contributed by atoms with Crippen LogP contribution in [0.15, 0.2) is 48.5 Å². The van der Waals surface area contributed by atoms with E-state index >= 15 is 4.11 Å². The number of para-hydroxylation sites is 1. The zero-order valence-electron chi connectivity index (χ0n) is 21.0. The third-order valence-corrected chi connectivity index (χ3v) is 10.4. The Morgan fingerprint density at radius 2 is 1.97 bits per heavy atom. The van der Waals surface area contributed by atoms with Gasteiger partial charge in [-0.25, -0.2) is 0 Å². The van der Waals surface area contributed by atoms with E-state index in [2.05, 4.69) is 5.32 Å². The molecular weight excluding hydrogens is 477 g/mol. The summed E-state index contributed by atoms with van der Waals surface area (Å²) in [6.45, 7) is 7.07. The molecular formula is C27H34FN3O4Si. The van der Waals surface area contributed by atoms with Gasteiger partial charge < -0.3 is 29.1 Å². The lowest BCUT2D eigenvalue weighted by molar-refractivity contribution is -0.146. The van der Waals surface area contributed by atoms with E-state index in [0.29, 0.717) is 26.1 Å². The van der Waals surface area contributed by atoms with Crippen LogP contribution in [-0.4, -0.2) is 57.7 Å². The number of ether oxygens (including phenoxy) is 1. The number of aliphatic hydroxyl groups excluding tert-OH is 1. The molecule has 3 aliphatic heterocycles. The molecule has 3 aliphatic rings. The first-order valence-electron chi connectivity index (χ1n) is 12.7. The summed E-state index contributed by atoms with van der Waals surface area (Å²) in [5.74, 6) is -0.542. The fourth-order valence-electron chi connectivity index (χ4n) is 6.44. The van der Waals surface area contributed by atoms with Gasteiger partial charge in [0.15, 0.2) is 5.60 Å². The fourth-order valence-corrected chi connectivity index (χ4v) is 8.98. The molecule has 0 aromatic heterocycles. The zero-order chi connectivity index (χ0) is 25.7. The molecule has 0 bridgehead atoms. The Balaban J connectivity index is 1.51. The Kier molecular flexibility index (Phi) is 6.53. The minimum Gasteiger partial charge on any atom is -0.396 e. The second-order valence-electron chi connectivity index (χ2n) is 10.6. The highest BCUT2D eigenvalue weighted by molar-refractivity contribution is 6.72. The molecule has 0 radical (unpaired) electrons. The summed E-state index contributed by atoms with van der Waals surface area (Å²) in [6, 6.07) is 15.3. The van der Waals surface area contributed by atoms with Crippen LogP contribution in [0, 0.1) is 5.92 Å². The van der Waals surface area contributed by atoms with E-state index in [-0.39, 0.29) is 24.3 Å². The molecule has 2 amide bonds. The quantitative estimate of drug-likeness (QED) is 0.459. The monoisotopic (exact) mass is 511 g/mol. The highest BCUT2D eigenvalue weighted by Gasteiger charge is 2.66. The van der Waals surface area contributed by atoms with Crippen molar-refractivity contribution in [1.29, 1.82) is 0 Å². The largest absolute Gasteiger partial charge is 0.396 e. The topological polar surface area (TPSA) is 82.1 Å². The lowest BCUT2D eigenvalue weighted by Gasteiger charge is -2.31. The van der Waals surface area contributed by atoms with Gasteiger partial charge in [-0.2, -0.15) is 0 Å². The number of carbonyl (C=O) groups excluding carboxylic acids is 2. The Labute approximate surface area is 212 Å². The van der Waals surface area contributed by atoms with Crippen LogP contribution in [0.1, 0.15) is 24.5 Å². The number of rotatable bonds is 6. The highest BCUT2D eigenvalue weighted by atomic mass is 28.4. The van der Waals surface area contributed by atoms with Crippen molar-refractivity contribution < 1.29 is 23.5 Å². The number of hydrogen-bond donors (Lipinski definition) is 2. The summed E-state index contributed by atoms with van der Waals surface area (Å²) in [4.78, 5) is 30.1. The van der Waals surface area contributed by atoms with Crippen LogP contribution in [0.25, 0.3) is 0 Å². The minimum absolute atomic E-state index is 0.0205. The van der Waals surface area contributed by atoms with Crippen molar-refractivity contribution in [3.63, 3.8) is 0 Å². The number of nitrogens with one attached hydrogen (secondary N) is 1. The van der Waals surface area contributed by atoms with E-state index in [4.69, 9.17) is 4.74 Å². The molecule has 192 valence electrons. The Morgan fingerprint density at radius 1 is 1.19 bits per heavy atom. The molecule has 2 N–H and O–H groups in total. The van der Waals surface area contributed by atoms with Crippen LogP contribution in [0.4, 0.5) is 15.5 Å². The van der Waals surface area contributed by atoms with Gasteiger partial charge >= 0.3 is 0 Å².